The third-order valence-corrected chi connectivity index (χ3v) is 2.07. The number of hydrogen-bond donors (Lipinski definition) is 5. The molecule has 0 rings (SSSR count). The minimum atomic E-state index is -4.55. The Bertz CT molecular complexity index is 325. The van der Waals surface area contributed by atoms with E-state index in [1.807, 2.05) is 5.48 Å². The van der Waals surface area contributed by atoms with E-state index in [9.17, 15) is 9.59 Å². The SMILES string of the molecule is CC(C)(C)OC(=O)NOCC(=O)NCCO[PH](O)(O)O. The van der Waals surface area contributed by atoms with Crippen molar-refractivity contribution >= 4 is 20.2 Å². The van der Waals surface area contributed by atoms with Crippen LogP contribution in [0.5, 0.6) is 0 Å². The van der Waals surface area contributed by atoms with Gasteiger partial charge in [-0.2, -0.15) is 0 Å². The molecule has 10 nitrogen and oxygen atoms in total. The Labute approximate surface area is 116 Å². The molecule has 0 aliphatic carbocycles. The molecule has 0 radical (unpaired) electrons. The zero-order valence-corrected chi connectivity index (χ0v) is 12.5. The fraction of sp³-hybridized carbons (Fsp3) is 0.778. The molecule has 0 unspecified atom stereocenters. The van der Waals surface area contributed by atoms with Crippen molar-refractivity contribution in [1.82, 2.24) is 10.8 Å². The van der Waals surface area contributed by atoms with Crippen molar-refractivity contribution in [3.05, 3.63) is 0 Å². The van der Waals surface area contributed by atoms with Gasteiger partial charge >= 0.3 is 115 Å². The monoisotopic (exact) mass is 316 g/mol. The summed E-state index contributed by atoms with van der Waals surface area (Å²) in [6, 6.07) is 0. The second-order valence-electron chi connectivity index (χ2n) is 4.66. The van der Waals surface area contributed by atoms with Crippen molar-refractivity contribution in [2.45, 2.75) is 26.4 Å². The van der Waals surface area contributed by atoms with Gasteiger partial charge in [-0.25, -0.2) is 0 Å². The van der Waals surface area contributed by atoms with Crippen molar-refractivity contribution < 1.29 is 38.4 Å². The third-order valence-electron chi connectivity index (χ3n) is 1.48. The van der Waals surface area contributed by atoms with Gasteiger partial charge in [0.1, 0.15) is 0 Å². The number of rotatable bonds is 7. The Morgan fingerprint density at radius 1 is 1.20 bits per heavy atom. The first-order chi connectivity index (χ1) is 8.99. The first kappa shape index (κ1) is 19.0. The first-order valence-corrected chi connectivity index (χ1v) is 7.43. The van der Waals surface area contributed by atoms with Crippen molar-refractivity contribution in [3.63, 3.8) is 0 Å². The van der Waals surface area contributed by atoms with Crippen LogP contribution in [0.25, 0.3) is 0 Å². The van der Waals surface area contributed by atoms with Gasteiger partial charge in [-0.3, -0.25) is 0 Å². The molecule has 0 aromatic heterocycles. The molecular formula is C9H21N2O8P. The van der Waals surface area contributed by atoms with Crippen LogP contribution in [-0.4, -0.2) is 52.0 Å². The molecular weight excluding hydrogens is 295 g/mol. The van der Waals surface area contributed by atoms with Crippen LogP contribution in [0.4, 0.5) is 4.79 Å². The summed E-state index contributed by atoms with van der Waals surface area (Å²) in [6.45, 7) is 4.22. The summed E-state index contributed by atoms with van der Waals surface area (Å²) in [5, 5.41) is 2.29. The summed E-state index contributed by atoms with van der Waals surface area (Å²) < 4.78 is 9.09. The topological polar surface area (TPSA) is 147 Å². The number of carbonyl (C=O) groups is 2. The fourth-order valence-corrected chi connectivity index (χ4v) is 1.26. The molecule has 120 valence electrons. The molecule has 20 heavy (non-hydrogen) atoms. The van der Waals surface area contributed by atoms with Crippen molar-refractivity contribution in [3.8, 4) is 0 Å². The Morgan fingerprint density at radius 3 is 2.30 bits per heavy atom. The van der Waals surface area contributed by atoms with Gasteiger partial charge in [0.05, 0.1) is 0 Å². The molecule has 0 aliphatic rings. The summed E-state index contributed by atoms with van der Waals surface area (Å²) >= 11 is 0. The Kier molecular flexibility index (Phi) is 7.87. The van der Waals surface area contributed by atoms with E-state index in [0.717, 1.165) is 0 Å². The molecule has 0 saturated heterocycles. The van der Waals surface area contributed by atoms with Gasteiger partial charge in [-0.05, 0) is 0 Å². The molecule has 0 spiro atoms. The number of hydrogen-bond acceptors (Lipinski definition) is 8. The predicted octanol–water partition coefficient (Wildman–Crippen LogP) is -1.04. The summed E-state index contributed by atoms with van der Waals surface area (Å²) in [7, 11) is -4.55. The average Bonchev–Trinajstić information content (AvgIpc) is 2.20. The first-order valence-electron chi connectivity index (χ1n) is 5.68. The van der Waals surface area contributed by atoms with Crippen LogP contribution in [0.15, 0.2) is 0 Å². The van der Waals surface area contributed by atoms with Gasteiger partial charge in [-0.1, -0.05) is 0 Å². The zero-order valence-electron chi connectivity index (χ0n) is 11.5. The van der Waals surface area contributed by atoms with Gasteiger partial charge in [-0.15, -0.1) is 0 Å². The van der Waals surface area contributed by atoms with E-state index < -0.39 is 32.4 Å². The van der Waals surface area contributed by atoms with Crippen LogP contribution < -0.4 is 10.8 Å². The summed E-state index contributed by atoms with van der Waals surface area (Å²) in [6.07, 6.45) is -0.828. The molecule has 0 aromatic rings. The standard InChI is InChI=1S/C9H21N2O8P/c1-9(2,3)19-8(13)11-17-6-7(12)10-4-5-18-20(14,15)16/h14-16,20H,4-6H2,1-3H3,(H,10,12)(H,11,13). The van der Waals surface area contributed by atoms with Gasteiger partial charge in [0.15, 0.2) is 0 Å². The molecule has 5 N–H and O–H groups in total. The molecule has 0 saturated carbocycles. The second-order valence-corrected chi connectivity index (χ2v) is 6.10. The molecule has 0 aliphatic heterocycles. The van der Waals surface area contributed by atoms with Crippen LogP contribution in [0.2, 0.25) is 0 Å². The van der Waals surface area contributed by atoms with Crippen LogP contribution in [-0.2, 0) is 18.9 Å². The van der Waals surface area contributed by atoms with Crippen molar-refractivity contribution in [2.24, 2.45) is 0 Å². The van der Waals surface area contributed by atoms with Gasteiger partial charge in [0.25, 0.3) is 0 Å². The fourth-order valence-electron chi connectivity index (χ4n) is 0.889. The maximum atomic E-state index is 11.2. The molecule has 0 aromatic carbocycles. The van der Waals surface area contributed by atoms with Gasteiger partial charge in [0.2, 0.25) is 0 Å². The van der Waals surface area contributed by atoms with Crippen molar-refractivity contribution in [2.75, 3.05) is 19.8 Å². The van der Waals surface area contributed by atoms with Crippen LogP contribution in [0.3, 0.4) is 0 Å². The average molecular weight is 316 g/mol. The molecule has 2 amide bonds. The maximum absolute atomic E-state index is 11.2. The van der Waals surface area contributed by atoms with E-state index >= 15 is 0 Å². The number of nitrogens with one attached hydrogen (secondary N) is 2. The Balaban J connectivity index is 3.62. The minimum absolute atomic E-state index is 0.0644. The van der Waals surface area contributed by atoms with Gasteiger partial charge in [0, 0.05) is 0 Å². The number of carbonyl (C=O) groups excluding carboxylic acids is 2. The molecule has 0 bridgehead atoms. The summed E-state index contributed by atoms with van der Waals surface area (Å²) in [5.41, 5.74) is 1.24. The number of amides is 2. The normalized spacial score (nSPS) is 12.7. The second kappa shape index (κ2) is 8.30. The van der Waals surface area contributed by atoms with E-state index in [4.69, 9.17) is 19.4 Å². The summed E-state index contributed by atoms with van der Waals surface area (Å²) in [4.78, 5) is 52.4. The Morgan fingerprint density at radius 2 is 1.80 bits per heavy atom. The Hall–Kier alpha value is -1.03. The van der Waals surface area contributed by atoms with E-state index in [1.165, 1.54) is 0 Å². The van der Waals surface area contributed by atoms with E-state index in [2.05, 4.69) is 14.7 Å². The predicted molar refractivity (Wildman–Crippen MR) is 69.3 cm³/mol. The quantitative estimate of drug-likeness (QED) is 0.227. The van der Waals surface area contributed by atoms with E-state index in [0.29, 0.717) is 0 Å². The van der Waals surface area contributed by atoms with Crippen LogP contribution in [0.1, 0.15) is 20.8 Å². The molecule has 0 heterocycles. The zero-order chi connectivity index (χ0) is 15.8. The number of ether oxygens (including phenoxy) is 1. The summed E-state index contributed by atoms with van der Waals surface area (Å²) in [5.74, 6) is -0.578. The van der Waals surface area contributed by atoms with Crippen LogP contribution >= 0.6 is 8.17 Å². The molecule has 0 fully saturated rings. The molecule has 11 heteroatoms. The van der Waals surface area contributed by atoms with Crippen molar-refractivity contribution in [1.29, 1.82) is 0 Å². The third kappa shape index (κ3) is 13.4. The van der Waals surface area contributed by atoms with E-state index in [1.54, 1.807) is 20.8 Å². The number of hydroxylamine groups is 1. The molecule has 0 atom stereocenters. The van der Waals surface area contributed by atoms with Gasteiger partial charge < -0.3 is 0 Å². The van der Waals surface area contributed by atoms with E-state index in [-0.39, 0.29) is 13.2 Å². The van der Waals surface area contributed by atoms with Crippen LogP contribution in [0, 0.1) is 0 Å².